The predicted molar refractivity (Wildman–Crippen MR) is 99.7 cm³/mol. The standard InChI is InChI=1S/C20H27NO5/c1-6-21-18-14(9-7-12(2)8-10-16(22)24-4)19(25-5)13(3)15-11-26-20(23)17(15)18/h7,21H,6,8-11H2,1-5H3/b12-7+. The van der Waals surface area contributed by atoms with Crippen molar-refractivity contribution in [1.82, 2.24) is 0 Å². The van der Waals surface area contributed by atoms with Crippen LogP contribution in [-0.4, -0.2) is 32.7 Å². The summed E-state index contributed by atoms with van der Waals surface area (Å²) in [6, 6.07) is 0. The fourth-order valence-electron chi connectivity index (χ4n) is 3.20. The van der Waals surface area contributed by atoms with Crippen molar-refractivity contribution < 1.29 is 23.8 Å². The zero-order valence-corrected chi connectivity index (χ0v) is 16.2. The SMILES string of the molecule is CCNc1c(C/C=C(\C)CCC(=O)OC)c(OC)c(C)c2c1C(=O)OC2. The summed E-state index contributed by atoms with van der Waals surface area (Å²) < 4.78 is 15.6. The summed E-state index contributed by atoms with van der Waals surface area (Å²) in [5.41, 5.74) is 5.23. The zero-order valence-electron chi connectivity index (χ0n) is 16.2. The molecule has 1 aliphatic heterocycles. The Labute approximate surface area is 154 Å². The summed E-state index contributed by atoms with van der Waals surface area (Å²) in [7, 11) is 3.03. The summed E-state index contributed by atoms with van der Waals surface area (Å²) in [6.45, 7) is 6.89. The van der Waals surface area contributed by atoms with Gasteiger partial charge < -0.3 is 19.5 Å². The number of carbonyl (C=O) groups excluding carboxylic acids is 2. The van der Waals surface area contributed by atoms with E-state index in [0.717, 1.165) is 33.7 Å². The number of ether oxygens (including phenoxy) is 3. The molecule has 0 spiro atoms. The van der Waals surface area contributed by atoms with Crippen LogP contribution in [0.2, 0.25) is 0 Å². The molecule has 0 saturated heterocycles. The lowest BCUT2D eigenvalue weighted by molar-refractivity contribution is -0.140. The molecule has 1 aromatic carbocycles. The van der Waals surface area contributed by atoms with Crippen molar-refractivity contribution in [3.63, 3.8) is 0 Å². The minimum Gasteiger partial charge on any atom is -0.496 e. The second kappa shape index (κ2) is 8.74. The van der Waals surface area contributed by atoms with Crippen molar-refractivity contribution in [2.45, 2.75) is 46.6 Å². The first-order valence-electron chi connectivity index (χ1n) is 8.80. The van der Waals surface area contributed by atoms with E-state index in [1.54, 1.807) is 7.11 Å². The Bertz CT molecular complexity index is 736. The lowest BCUT2D eigenvalue weighted by Gasteiger charge is -2.19. The van der Waals surface area contributed by atoms with Gasteiger partial charge in [-0.2, -0.15) is 0 Å². The third-order valence-corrected chi connectivity index (χ3v) is 4.64. The largest absolute Gasteiger partial charge is 0.496 e. The van der Waals surface area contributed by atoms with Crippen LogP contribution in [0.4, 0.5) is 5.69 Å². The van der Waals surface area contributed by atoms with Gasteiger partial charge in [0.25, 0.3) is 0 Å². The number of esters is 2. The molecule has 1 N–H and O–H groups in total. The molecule has 0 bridgehead atoms. The molecule has 0 unspecified atom stereocenters. The quantitative estimate of drug-likeness (QED) is 0.564. The average Bonchev–Trinajstić information content (AvgIpc) is 3.02. The molecule has 142 valence electrons. The molecule has 0 atom stereocenters. The van der Waals surface area contributed by atoms with Crippen molar-refractivity contribution >= 4 is 17.6 Å². The number of fused-ring (bicyclic) bond motifs is 1. The van der Waals surface area contributed by atoms with Gasteiger partial charge in [0.15, 0.2) is 0 Å². The normalized spacial score (nSPS) is 13.3. The number of methoxy groups -OCH3 is 2. The van der Waals surface area contributed by atoms with Crippen LogP contribution in [0.25, 0.3) is 0 Å². The van der Waals surface area contributed by atoms with Crippen LogP contribution in [0.5, 0.6) is 5.75 Å². The first-order chi connectivity index (χ1) is 12.4. The maximum absolute atomic E-state index is 12.2. The Morgan fingerprint density at radius 2 is 2.04 bits per heavy atom. The molecule has 0 amide bonds. The summed E-state index contributed by atoms with van der Waals surface area (Å²) in [6.07, 6.45) is 3.65. The van der Waals surface area contributed by atoms with E-state index < -0.39 is 0 Å². The van der Waals surface area contributed by atoms with Gasteiger partial charge in [0.1, 0.15) is 12.4 Å². The van der Waals surface area contributed by atoms with Crippen LogP contribution in [0.1, 0.15) is 53.7 Å². The highest BCUT2D eigenvalue weighted by atomic mass is 16.5. The number of hydrogen-bond donors (Lipinski definition) is 1. The second-order valence-corrected chi connectivity index (χ2v) is 6.30. The minimum absolute atomic E-state index is 0.222. The van der Waals surface area contributed by atoms with E-state index in [9.17, 15) is 9.59 Å². The van der Waals surface area contributed by atoms with Gasteiger partial charge in [-0.1, -0.05) is 11.6 Å². The Balaban J connectivity index is 2.40. The van der Waals surface area contributed by atoms with Crippen LogP contribution in [0.3, 0.4) is 0 Å². The zero-order chi connectivity index (χ0) is 19.3. The Hall–Kier alpha value is -2.50. The first kappa shape index (κ1) is 19.8. The summed E-state index contributed by atoms with van der Waals surface area (Å²) >= 11 is 0. The molecule has 26 heavy (non-hydrogen) atoms. The highest BCUT2D eigenvalue weighted by Crippen LogP contribution is 2.41. The first-order valence-corrected chi connectivity index (χ1v) is 8.80. The van der Waals surface area contributed by atoms with Gasteiger partial charge >= 0.3 is 11.9 Å². The van der Waals surface area contributed by atoms with Crippen LogP contribution in [-0.2, 0) is 27.3 Å². The van der Waals surface area contributed by atoms with Gasteiger partial charge in [0.05, 0.1) is 25.5 Å². The van der Waals surface area contributed by atoms with Gasteiger partial charge in [0, 0.05) is 24.1 Å². The number of allylic oxidation sites excluding steroid dienone is 2. The smallest absolute Gasteiger partial charge is 0.341 e. The fourth-order valence-corrected chi connectivity index (χ4v) is 3.20. The molecule has 0 fully saturated rings. The molecule has 0 radical (unpaired) electrons. The van der Waals surface area contributed by atoms with E-state index in [1.165, 1.54) is 7.11 Å². The van der Waals surface area contributed by atoms with Crippen molar-refractivity contribution in [2.75, 3.05) is 26.1 Å². The van der Waals surface area contributed by atoms with E-state index in [4.69, 9.17) is 9.47 Å². The third-order valence-electron chi connectivity index (χ3n) is 4.64. The fraction of sp³-hybridized carbons (Fsp3) is 0.500. The number of rotatable bonds is 8. The van der Waals surface area contributed by atoms with Crippen molar-refractivity contribution in [2.24, 2.45) is 0 Å². The van der Waals surface area contributed by atoms with Crippen molar-refractivity contribution in [3.05, 3.63) is 33.9 Å². The molecule has 0 aromatic heterocycles. The molecule has 1 aromatic rings. The van der Waals surface area contributed by atoms with E-state index >= 15 is 0 Å². The highest BCUT2D eigenvalue weighted by molar-refractivity contribution is 6.01. The van der Waals surface area contributed by atoms with E-state index in [-0.39, 0.29) is 18.5 Å². The number of cyclic esters (lactones) is 1. The molecule has 0 aliphatic carbocycles. The van der Waals surface area contributed by atoms with E-state index in [2.05, 4.69) is 16.1 Å². The Morgan fingerprint density at radius 1 is 1.31 bits per heavy atom. The maximum Gasteiger partial charge on any atom is 0.341 e. The predicted octanol–water partition coefficient (Wildman–Crippen LogP) is 3.55. The second-order valence-electron chi connectivity index (χ2n) is 6.30. The molecule has 0 saturated carbocycles. The molecule has 6 nitrogen and oxygen atoms in total. The molecule has 1 heterocycles. The van der Waals surface area contributed by atoms with Gasteiger partial charge in [-0.15, -0.1) is 0 Å². The Kier molecular flexibility index (Phi) is 6.66. The van der Waals surface area contributed by atoms with Gasteiger partial charge in [-0.05, 0) is 39.2 Å². The highest BCUT2D eigenvalue weighted by Gasteiger charge is 2.31. The molecular weight excluding hydrogens is 334 g/mol. The molecule has 6 heteroatoms. The lowest BCUT2D eigenvalue weighted by atomic mass is 9.93. The number of benzene rings is 1. The topological polar surface area (TPSA) is 73.9 Å². The minimum atomic E-state index is -0.297. The maximum atomic E-state index is 12.2. The Morgan fingerprint density at radius 3 is 2.65 bits per heavy atom. The van der Waals surface area contributed by atoms with Crippen LogP contribution in [0.15, 0.2) is 11.6 Å². The van der Waals surface area contributed by atoms with Crippen LogP contribution in [0, 0.1) is 6.92 Å². The van der Waals surface area contributed by atoms with Gasteiger partial charge in [-0.3, -0.25) is 4.79 Å². The number of nitrogens with one attached hydrogen (secondary N) is 1. The third kappa shape index (κ3) is 4.00. The lowest BCUT2D eigenvalue weighted by Crippen LogP contribution is -2.11. The summed E-state index contributed by atoms with van der Waals surface area (Å²) in [4.78, 5) is 23.6. The van der Waals surface area contributed by atoms with Crippen molar-refractivity contribution in [1.29, 1.82) is 0 Å². The van der Waals surface area contributed by atoms with E-state index in [0.29, 0.717) is 31.4 Å². The molecule has 1 aliphatic rings. The summed E-state index contributed by atoms with van der Waals surface area (Å²) in [5, 5.41) is 3.31. The monoisotopic (exact) mass is 361 g/mol. The van der Waals surface area contributed by atoms with Gasteiger partial charge in [-0.25, -0.2) is 4.79 Å². The van der Waals surface area contributed by atoms with E-state index in [1.807, 2.05) is 20.8 Å². The number of carbonyl (C=O) groups is 2. The van der Waals surface area contributed by atoms with Gasteiger partial charge in [0.2, 0.25) is 0 Å². The van der Waals surface area contributed by atoms with Crippen molar-refractivity contribution in [3.8, 4) is 5.75 Å². The average molecular weight is 361 g/mol. The molecular formula is C20H27NO5. The number of hydrogen-bond acceptors (Lipinski definition) is 6. The van der Waals surface area contributed by atoms with Crippen LogP contribution >= 0.6 is 0 Å². The van der Waals surface area contributed by atoms with Crippen LogP contribution < -0.4 is 10.1 Å². The molecule has 2 rings (SSSR count). The summed E-state index contributed by atoms with van der Waals surface area (Å²) in [5.74, 6) is 0.254. The number of anilines is 1.